The molecule has 1 aromatic carbocycles. The molecule has 1 aromatic rings. The number of likely N-dealkylation sites (N-methyl/N-ethyl adjacent to an activating group) is 1. The van der Waals surface area contributed by atoms with E-state index in [-0.39, 0.29) is 12.5 Å². The molecule has 0 spiro atoms. The Hall–Kier alpha value is -1.75. The first-order valence-corrected chi connectivity index (χ1v) is 6.60. The van der Waals surface area contributed by atoms with Crippen molar-refractivity contribution in [1.29, 1.82) is 0 Å². The van der Waals surface area contributed by atoms with Crippen LogP contribution in [0.15, 0.2) is 18.2 Å². The van der Waals surface area contributed by atoms with E-state index in [9.17, 15) is 4.79 Å². The lowest BCUT2D eigenvalue weighted by molar-refractivity contribution is -0.120. The number of carbonyl (C=O) groups excluding carboxylic acids is 1. The Kier molecular flexibility index (Phi) is 3.06. The van der Waals surface area contributed by atoms with E-state index in [1.165, 1.54) is 0 Å². The quantitative estimate of drug-likeness (QED) is 0.870. The highest BCUT2D eigenvalue weighted by Gasteiger charge is 2.24. The van der Waals surface area contributed by atoms with Gasteiger partial charge in [0.05, 0.1) is 5.69 Å². The molecular weight excluding hydrogens is 242 g/mol. The van der Waals surface area contributed by atoms with Crippen molar-refractivity contribution in [2.45, 2.75) is 0 Å². The van der Waals surface area contributed by atoms with Gasteiger partial charge in [-0.2, -0.15) is 0 Å². The van der Waals surface area contributed by atoms with E-state index < -0.39 is 0 Å². The first kappa shape index (κ1) is 12.3. The van der Waals surface area contributed by atoms with Crippen LogP contribution in [0.5, 0.6) is 5.75 Å². The number of ether oxygens (including phenoxy) is 1. The highest BCUT2D eigenvalue weighted by Crippen LogP contribution is 2.34. The fraction of sp³-hybridized carbons (Fsp3) is 0.500. The highest BCUT2D eigenvalue weighted by molar-refractivity contribution is 5.97. The third-order valence-corrected chi connectivity index (χ3v) is 3.87. The summed E-state index contributed by atoms with van der Waals surface area (Å²) in [6.07, 6.45) is 0. The van der Waals surface area contributed by atoms with E-state index >= 15 is 0 Å². The van der Waals surface area contributed by atoms with Gasteiger partial charge in [0.15, 0.2) is 6.61 Å². The van der Waals surface area contributed by atoms with Gasteiger partial charge in [-0.25, -0.2) is 0 Å². The smallest absolute Gasteiger partial charge is 0.264 e. The summed E-state index contributed by atoms with van der Waals surface area (Å²) in [7, 11) is 3.88. The minimum Gasteiger partial charge on any atom is -0.482 e. The van der Waals surface area contributed by atoms with Crippen LogP contribution in [0, 0.1) is 5.92 Å². The van der Waals surface area contributed by atoms with Gasteiger partial charge in [-0.3, -0.25) is 4.79 Å². The predicted molar refractivity (Wildman–Crippen MR) is 75.0 cm³/mol. The van der Waals surface area contributed by atoms with Crippen LogP contribution in [-0.4, -0.2) is 46.2 Å². The largest absolute Gasteiger partial charge is 0.482 e. The third kappa shape index (κ3) is 2.26. The van der Waals surface area contributed by atoms with Crippen LogP contribution in [0.4, 0.5) is 11.4 Å². The number of hydrogen-bond acceptors (Lipinski definition) is 4. The van der Waals surface area contributed by atoms with Crippen molar-refractivity contribution in [2.75, 3.05) is 50.1 Å². The van der Waals surface area contributed by atoms with Gasteiger partial charge < -0.3 is 19.9 Å². The molecule has 0 aromatic heterocycles. The lowest BCUT2D eigenvalue weighted by Gasteiger charge is -2.33. The number of nitrogens with zero attached hydrogens (tertiary/aromatic N) is 2. The minimum absolute atomic E-state index is 0.00417. The van der Waals surface area contributed by atoms with Crippen LogP contribution in [-0.2, 0) is 4.79 Å². The molecule has 5 nitrogen and oxygen atoms in total. The van der Waals surface area contributed by atoms with Crippen molar-refractivity contribution in [3.05, 3.63) is 18.2 Å². The number of nitrogens with one attached hydrogen (secondary N) is 1. The lowest BCUT2D eigenvalue weighted by Crippen LogP contribution is -2.47. The van der Waals surface area contributed by atoms with E-state index in [1.54, 1.807) is 11.9 Å². The number of amides is 1. The van der Waals surface area contributed by atoms with Crippen molar-refractivity contribution >= 4 is 17.3 Å². The molecule has 0 radical (unpaired) electrons. The third-order valence-electron chi connectivity index (χ3n) is 3.87. The van der Waals surface area contributed by atoms with Gasteiger partial charge in [-0.05, 0) is 18.2 Å². The van der Waals surface area contributed by atoms with Crippen LogP contribution in [0.2, 0.25) is 0 Å². The summed E-state index contributed by atoms with van der Waals surface area (Å²) in [4.78, 5) is 15.6. The van der Waals surface area contributed by atoms with Gasteiger partial charge in [0.2, 0.25) is 0 Å². The lowest BCUT2D eigenvalue weighted by atomic mass is 10.0. The van der Waals surface area contributed by atoms with E-state index in [1.807, 2.05) is 12.1 Å². The molecule has 0 atom stereocenters. The molecule has 1 saturated heterocycles. The number of carbonyl (C=O) groups is 1. The Balaban J connectivity index is 1.81. The van der Waals surface area contributed by atoms with Crippen molar-refractivity contribution in [2.24, 2.45) is 5.92 Å². The Labute approximate surface area is 113 Å². The van der Waals surface area contributed by atoms with Crippen molar-refractivity contribution in [3.63, 3.8) is 0 Å². The first-order chi connectivity index (χ1) is 9.15. The number of anilines is 2. The van der Waals surface area contributed by atoms with Crippen LogP contribution in [0.3, 0.4) is 0 Å². The molecule has 1 fully saturated rings. The number of benzene rings is 1. The highest BCUT2D eigenvalue weighted by atomic mass is 16.5. The molecule has 1 amide bonds. The Morgan fingerprint density at radius 2 is 2.26 bits per heavy atom. The molecule has 2 aliphatic rings. The molecule has 19 heavy (non-hydrogen) atoms. The van der Waals surface area contributed by atoms with Gasteiger partial charge in [-0.15, -0.1) is 0 Å². The maximum absolute atomic E-state index is 11.7. The molecule has 0 unspecified atom stereocenters. The Morgan fingerprint density at radius 3 is 2.95 bits per heavy atom. The molecule has 0 bridgehead atoms. The van der Waals surface area contributed by atoms with E-state index in [0.29, 0.717) is 0 Å². The molecule has 102 valence electrons. The maximum Gasteiger partial charge on any atom is 0.264 e. The summed E-state index contributed by atoms with van der Waals surface area (Å²) < 4.78 is 5.43. The number of hydrogen-bond donors (Lipinski definition) is 1. The van der Waals surface area contributed by atoms with Crippen molar-refractivity contribution in [1.82, 2.24) is 5.32 Å². The maximum atomic E-state index is 11.7. The number of rotatable bonds is 3. The average Bonchev–Trinajstić information content (AvgIpc) is 2.38. The topological polar surface area (TPSA) is 44.8 Å². The second-order valence-electron chi connectivity index (χ2n) is 5.30. The van der Waals surface area contributed by atoms with Crippen molar-refractivity contribution in [3.8, 4) is 5.75 Å². The molecule has 3 rings (SSSR count). The minimum atomic E-state index is -0.00417. The molecule has 5 heteroatoms. The summed E-state index contributed by atoms with van der Waals surface area (Å²) in [6, 6.07) is 6.02. The van der Waals surface area contributed by atoms with Gasteiger partial charge in [0, 0.05) is 45.3 Å². The van der Waals surface area contributed by atoms with Crippen LogP contribution >= 0.6 is 0 Å². The normalized spacial score (nSPS) is 18.6. The summed E-state index contributed by atoms with van der Waals surface area (Å²) in [5.41, 5.74) is 1.98. The van der Waals surface area contributed by atoms with E-state index in [0.717, 1.165) is 42.7 Å². The summed E-state index contributed by atoms with van der Waals surface area (Å²) in [6.45, 7) is 3.35. The second kappa shape index (κ2) is 4.74. The van der Waals surface area contributed by atoms with Crippen LogP contribution in [0.25, 0.3) is 0 Å². The average molecular weight is 261 g/mol. The fourth-order valence-corrected chi connectivity index (χ4v) is 2.47. The number of fused-ring (bicyclic) bond motifs is 1. The monoisotopic (exact) mass is 261 g/mol. The predicted octanol–water partition coefficient (Wildman–Crippen LogP) is 0.697. The van der Waals surface area contributed by atoms with Gasteiger partial charge >= 0.3 is 0 Å². The fourth-order valence-electron chi connectivity index (χ4n) is 2.47. The van der Waals surface area contributed by atoms with Gasteiger partial charge in [0.1, 0.15) is 5.75 Å². The van der Waals surface area contributed by atoms with Gasteiger partial charge in [0.25, 0.3) is 5.91 Å². The molecule has 2 heterocycles. The Bertz CT molecular complexity index is 499. The molecular formula is C14H19N3O2. The summed E-state index contributed by atoms with van der Waals surface area (Å²) in [5.74, 6) is 1.50. The zero-order valence-corrected chi connectivity index (χ0v) is 11.3. The van der Waals surface area contributed by atoms with Crippen LogP contribution < -0.4 is 19.9 Å². The summed E-state index contributed by atoms with van der Waals surface area (Å²) in [5, 5.41) is 3.28. The molecule has 0 aliphatic carbocycles. The zero-order chi connectivity index (χ0) is 13.4. The van der Waals surface area contributed by atoms with E-state index in [2.05, 4.69) is 23.3 Å². The molecule has 2 aliphatic heterocycles. The molecule has 0 saturated carbocycles. The van der Waals surface area contributed by atoms with Crippen LogP contribution in [0.1, 0.15) is 0 Å². The Morgan fingerprint density at radius 1 is 1.47 bits per heavy atom. The standard InChI is InChI=1S/C14H19N3O2/c1-16(8-10-6-15-7-10)11-3-4-13-12(5-11)17(2)14(18)9-19-13/h3-5,10,15H,6-9H2,1-2H3. The SMILES string of the molecule is CN(CC1CNC1)c1ccc2c(c1)N(C)C(=O)CO2. The van der Waals surface area contributed by atoms with Crippen molar-refractivity contribution < 1.29 is 9.53 Å². The molecule has 1 N–H and O–H groups in total. The first-order valence-electron chi connectivity index (χ1n) is 6.60. The van der Waals surface area contributed by atoms with Gasteiger partial charge in [-0.1, -0.05) is 0 Å². The zero-order valence-electron chi connectivity index (χ0n) is 11.3. The van der Waals surface area contributed by atoms with E-state index in [4.69, 9.17) is 4.74 Å². The summed E-state index contributed by atoms with van der Waals surface area (Å²) >= 11 is 0. The second-order valence-corrected chi connectivity index (χ2v) is 5.30.